The van der Waals surface area contributed by atoms with Gasteiger partial charge in [-0.2, -0.15) is 0 Å². The van der Waals surface area contributed by atoms with E-state index in [1.807, 2.05) is 0 Å². The highest BCUT2D eigenvalue weighted by atomic mass is 35.5. The highest BCUT2D eigenvalue weighted by Crippen LogP contribution is 2.16. The molecule has 0 bridgehead atoms. The topological polar surface area (TPSA) is 73.1 Å². The van der Waals surface area contributed by atoms with Crippen LogP contribution in [0.15, 0.2) is 76.3 Å². The predicted molar refractivity (Wildman–Crippen MR) is 118 cm³/mol. The van der Waals surface area contributed by atoms with Crippen molar-refractivity contribution in [1.29, 1.82) is 0 Å². The van der Waals surface area contributed by atoms with E-state index >= 15 is 0 Å². The van der Waals surface area contributed by atoms with Gasteiger partial charge in [0.25, 0.3) is 5.56 Å². The van der Waals surface area contributed by atoms with Gasteiger partial charge in [-0.05, 0) is 42.0 Å². The zero-order chi connectivity index (χ0) is 22.8. The highest BCUT2D eigenvalue weighted by Gasteiger charge is 2.17. The molecule has 0 spiro atoms. The molecule has 0 aliphatic rings. The standard InChI is InChI=1S/C23H16ClF2N3O3/c24-15-5-3-4-14(10-15)12-29-22(31)17-6-1-2-7-20(17)28(23(29)32)13-21(30)27-19-11-16(25)8-9-18(19)26/h1-11H,12-13H2,(H,27,30). The van der Waals surface area contributed by atoms with Gasteiger partial charge in [0.2, 0.25) is 5.91 Å². The monoisotopic (exact) mass is 455 g/mol. The van der Waals surface area contributed by atoms with Crippen molar-refractivity contribution in [2.24, 2.45) is 0 Å². The van der Waals surface area contributed by atoms with Crippen LogP contribution in [0.4, 0.5) is 14.5 Å². The second kappa shape index (κ2) is 8.76. The number of aromatic nitrogens is 2. The number of fused-ring (bicyclic) bond motifs is 1. The van der Waals surface area contributed by atoms with Gasteiger partial charge in [-0.1, -0.05) is 35.9 Å². The minimum absolute atomic E-state index is 0.0524. The van der Waals surface area contributed by atoms with Gasteiger partial charge in [0.05, 0.1) is 23.1 Å². The molecule has 1 heterocycles. The van der Waals surface area contributed by atoms with Crippen LogP contribution in [0.1, 0.15) is 5.56 Å². The zero-order valence-corrected chi connectivity index (χ0v) is 17.3. The number of nitrogens with zero attached hydrogens (tertiary/aromatic N) is 2. The van der Waals surface area contributed by atoms with Gasteiger partial charge < -0.3 is 5.32 Å². The Morgan fingerprint density at radius 2 is 1.72 bits per heavy atom. The molecule has 1 amide bonds. The summed E-state index contributed by atoms with van der Waals surface area (Å²) in [5.41, 5.74) is -0.703. The maximum absolute atomic E-state index is 13.9. The minimum atomic E-state index is -0.817. The molecule has 1 N–H and O–H groups in total. The van der Waals surface area contributed by atoms with Gasteiger partial charge in [-0.3, -0.25) is 18.7 Å². The van der Waals surface area contributed by atoms with Gasteiger partial charge in [-0.25, -0.2) is 13.6 Å². The van der Waals surface area contributed by atoms with Crippen LogP contribution in [0.5, 0.6) is 0 Å². The largest absolute Gasteiger partial charge is 0.332 e. The smallest absolute Gasteiger partial charge is 0.322 e. The molecular formula is C23H16ClF2N3O3. The molecule has 0 saturated heterocycles. The molecule has 4 aromatic rings. The van der Waals surface area contributed by atoms with Crippen molar-refractivity contribution in [3.05, 3.63) is 110 Å². The van der Waals surface area contributed by atoms with Crippen LogP contribution in [0, 0.1) is 11.6 Å². The molecule has 0 atom stereocenters. The second-order valence-electron chi connectivity index (χ2n) is 7.08. The van der Waals surface area contributed by atoms with E-state index < -0.39 is 35.3 Å². The van der Waals surface area contributed by atoms with E-state index in [-0.39, 0.29) is 23.1 Å². The molecule has 32 heavy (non-hydrogen) atoms. The molecule has 0 aliphatic carbocycles. The number of nitrogens with one attached hydrogen (secondary N) is 1. The SMILES string of the molecule is O=C(Cn1c(=O)n(Cc2cccc(Cl)c2)c(=O)c2ccccc21)Nc1cc(F)ccc1F. The van der Waals surface area contributed by atoms with Crippen molar-refractivity contribution in [3.63, 3.8) is 0 Å². The van der Waals surface area contributed by atoms with Crippen LogP contribution in [0.25, 0.3) is 10.9 Å². The summed E-state index contributed by atoms with van der Waals surface area (Å²) in [7, 11) is 0. The first-order valence-electron chi connectivity index (χ1n) is 9.55. The van der Waals surface area contributed by atoms with E-state index in [4.69, 9.17) is 11.6 Å². The molecule has 3 aromatic carbocycles. The van der Waals surface area contributed by atoms with E-state index in [0.29, 0.717) is 10.6 Å². The van der Waals surface area contributed by atoms with Crippen molar-refractivity contribution >= 4 is 34.1 Å². The molecular weight excluding hydrogens is 440 g/mol. The van der Waals surface area contributed by atoms with E-state index in [0.717, 1.165) is 27.3 Å². The number of carbonyl (C=O) groups is 1. The molecule has 162 valence electrons. The molecule has 9 heteroatoms. The Balaban J connectivity index is 1.76. The Kier molecular flexibility index (Phi) is 5.87. The van der Waals surface area contributed by atoms with Gasteiger partial charge in [0.15, 0.2) is 0 Å². The lowest BCUT2D eigenvalue weighted by atomic mass is 10.2. The van der Waals surface area contributed by atoms with E-state index in [2.05, 4.69) is 5.32 Å². The molecule has 4 rings (SSSR count). The summed E-state index contributed by atoms with van der Waals surface area (Å²) in [6, 6.07) is 15.7. The Hall–Kier alpha value is -3.78. The third-order valence-corrected chi connectivity index (χ3v) is 5.10. The quantitative estimate of drug-likeness (QED) is 0.497. The summed E-state index contributed by atoms with van der Waals surface area (Å²) in [5, 5.41) is 2.95. The first-order valence-corrected chi connectivity index (χ1v) is 9.93. The molecule has 0 saturated carbocycles. The number of anilines is 1. The summed E-state index contributed by atoms with van der Waals surface area (Å²) < 4.78 is 29.4. The third-order valence-electron chi connectivity index (χ3n) is 4.87. The minimum Gasteiger partial charge on any atom is -0.322 e. The van der Waals surface area contributed by atoms with Crippen LogP contribution >= 0.6 is 11.6 Å². The maximum Gasteiger partial charge on any atom is 0.332 e. The Bertz CT molecular complexity index is 1460. The van der Waals surface area contributed by atoms with E-state index in [9.17, 15) is 23.2 Å². The zero-order valence-electron chi connectivity index (χ0n) is 16.5. The van der Waals surface area contributed by atoms with Crippen LogP contribution in [-0.4, -0.2) is 15.0 Å². The number of benzene rings is 3. The summed E-state index contributed by atoms with van der Waals surface area (Å²) >= 11 is 6.01. The fourth-order valence-electron chi connectivity index (χ4n) is 3.41. The maximum atomic E-state index is 13.9. The average molecular weight is 456 g/mol. The van der Waals surface area contributed by atoms with Crippen LogP contribution in [-0.2, 0) is 17.9 Å². The first kappa shape index (κ1) is 21.5. The Morgan fingerprint density at radius 1 is 0.938 bits per heavy atom. The van der Waals surface area contributed by atoms with Gasteiger partial charge in [-0.15, -0.1) is 0 Å². The normalized spacial score (nSPS) is 11.0. The molecule has 1 aromatic heterocycles. The van der Waals surface area contributed by atoms with Gasteiger partial charge >= 0.3 is 5.69 Å². The lowest BCUT2D eigenvalue weighted by Gasteiger charge is -2.14. The Morgan fingerprint density at radius 3 is 2.50 bits per heavy atom. The second-order valence-corrected chi connectivity index (χ2v) is 7.52. The molecule has 0 fully saturated rings. The van der Waals surface area contributed by atoms with Gasteiger partial charge in [0.1, 0.15) is 18.2 Å². The predicted octanol–water partition coefficient (Wildman–Crippen LogP) is 3.78. The number of hydrogen-bond donors (Lipinski definition) is 1. The molecule has 0 radical (unpaired) electrons. The average Bonchev–Trinajstić information content (AvgIpc) is 2.77. The van der Waals surface area contributed by atoms with Crippen molar-refractivity contribution in [2.45, 2.75) is 13.1 Å². The van der Waals surface area contributed by atoms with E-state index in [1.165, 1.54) is 6.07 Å². The number of rotatable bonds is 5. The third kappa shape index (κ3) is 4.31. The molecule has 0 unspecified atom stereocenters. The first-order chi connectivity index (χ1) is 15.3. The van der Waals surface area contributed by atoms with E-state index in [1.54, 1.807) is 42.5 Å². The van der Waals surface area contributed by atoms with Crippen LogP contribution in [0.2, 0.25) is 5.02 Å². The number of para-hydroxylation sites is 1. The number of carbonyl (C=O) groups excluding carboxylic acids is 1. The van der Waals surface area contributed by atoms with Crippen molar-refractivity contribution in [2.75, 3.05) is 5.32 Å². The summed E-state index contributed by atoms with van der Waals surface area (Å²) in [5.74, 6) is -2.29. The summed E-state index contributed by atoms with van der Waals surface area (Å²) in [4.78, 5) is 38.7. The fourth-order valence-corrected chi connectivity index (χ4v) is 3.62. The summed E-state index contributed by atoms with van der Waals surface area (Å²) in [6.07, 6.45) is 0. The van der Waals surface area contributed by atoms with Gasteiger partial charge in [0, 0.05) is 11.1 Å². The van der Waals surface area contributed by atoms with Crippen molar-refractivity contribution in [1.82, 2.24) is 9.13 Å². The highest BCUT2D eigenvalue weighted by molar-refractivity contribution is 6.30. The fraction of sp³-hybridized carbons (Fsp3) is 0.0870. The van der Waals surface area contributed by atoms with Crippen LogP contribution in [0.3, 0.4) is 0 Å². The number of amides is 1. The lowest BCUT2D eigenvalue weighted by molar-refractivity contribution is -0.116. The lowest BCUT2D eigenvalue weighted by Crippen LogP contribution is -2.42. The number of halogens is 3. The Labute approximate surface area is 185 Å². The van der Waals surface area contributed by atoms with Crippen LogP contribution < -0.4 is 16.6 Å². The number of hydrogen-bond acceptors (Lipinski definition) is 3. The van der Waals surface area contributed by atoms with Crippen molar-refractivity contribution in [3.8, 4) is 0 Å². The molecule has 0 aliphatic heterocycles. The van der Waals surface area contributed by atoms with Crippen molar-refractivity contribution < 1.29 is 13.6 Å². The summed E-state index contributed by atoms with van der Waals surface area (Å²) in [6.45, 7) is -0.561. The molecule has 6 nitrogen and oxygen atoms in total.